The van der Waals surface area contributed by atoms with Crippen LogP contribution in [0, 0.1) is 5.41 Å². The van der Waals surface area contributed by atoms with Gasteiger partial charge in [0.25, 0.3) is 0 Å². The van der Waals surface area contributed by atoms with Crippen molar-refractivity contribution in [1.82, 2.24) is 4.98 Å². The van der Waals surface area contributed by atoms with Gasteiger partial charge in [-0.1, -0.05) is 20.4 Å². The van der Waals surface area contributed by atoms with Gasteiger partial charge < -0.3 is 5.73 Å². The molecule has 14 heavy (non-hydrogen) atoms. The van der Waals surface area contributed by atoms with Crippen molar-refractivity contribution in [2.75, 3.05) is 5.73 Å². The van der Waals surface area contributed by atoms with Gasteiger partial charge in [0.05, 0.1) is 5.69 Å². The number of hydrogen-bond acceptors (Lipinski definition) is 2. The van der Waals surface area contributed by atoms with E-state index >= 15 is 0 Å². The molecule has 1 aliphatic rings. The van der Waals surface area contributed by atoms with E-state index in [0.717, 1.165) is 18.5 Å². The summed E-state index contributed by atoms with van der Waals surface area (Å²) in [5, 5.41) is 0. The van der Waals surface area contributed by atoms with Gasteiger partial charge in [-0.25, -0.2) is 4.98 Å². The molecule has 0 amide bonds. The molecule has 0 atom stereocenters. The Morgan fingerprint density at radius 1 is 1.36 bits per heavy atom. The van der Waals surface area contributed by atoms with Crippen molar-refractivity contribution < 1.29 is 0 Å². The van der Waals surface area contributed by atoms with Crippen LogP contribution in [0.3, 0.4) is 0 Å². The molecule has 0 fully saturated rings. The predicted octanol–water partition coefficient (Wildman–Crippen LogP) is 2.65. The van der Waals surface area contributed by atoms with Crippen LogP contribution in [0.4, 0.5) is 5.82 Å². The molecule has 74 valence electrons. The molecule has 0 aliphatic heterocycles. The molecule has 2 N–H and O–H groups in total. The lowest BCUT2D eigenvalue weighted by Gasteiger charge is -2.31. The molecular formula is C12H16N2. The van der Waals surface area contributed by atoms with Crippen LogP contribution in [0.2, 0.25) is 0 Å². The highest BCUT2D eigenvalue weighted by atomic mass is 14.8. The van der Waals surface area contributed by atoms with Gasteiger partial charge in [0.15, 0.2) is 0 Å². The largest absolute Gasteiger partial charge is 0.384 e. The van der Waals surface area contributed by atoms with Gasteiger partial charge in [0.2, 0.25) is 0 Å². The predicted molar refractivity (Wildman–Crippen MR) is 59.8 cm³/mol. The van der Waals surface area contributed by atoms with Crippen LogP contribution in [0.5, 0.6) is 0 Å². The maximum atomic E-state index is 5.68. The average molecular weight is 188 g/mol. The molecule has 0 unspecified atom stereocenters. The summed E-state index contributed by atoms with van der Waals surface area (Å²) in [7, 11) is 0. The quantitative estimate of drug-likeness (QED) is 0.679. The van der Waals surface area contributed by atoms with Crippen LogP contribution in [0.1, 0.15) is 31.5 Å². The van der Waals surface area contributed by atoms with E-state index in [1.807, 2.05) is 12.1 Å². The van der Waals surface area contributed by atoms with E-state index in [2.05, 4.69) is 25.4 Å². The molecule has 1 aromatic rings. The Bertz CT molecular complexity index is 391. The number of allylic oxidation sites excluding steroid dienone is 1. The van der Waals surface area contributed by atoms with Gasteiger partial charge in [0, 0.05) is 0 Å². The fourth-order valence-corrected chi connectivity index (χ4v) is 2.16. The van der Waals surface area contributed by atoms with E-state index in [4.69, 9.17) is 5.73 Å². The summed E-state index contributed by atoms with van der Waals surface area (Å²) < 4.78 is 0. The summed E-state index contributed by atoms with van der Waals surface area (Å²) >= 11 is 0. The van der Waals surface area contributed by atoms with Crippen LogP contribution in [0.25, 0.3) is 5.57 Å². The van der Waals surface area contributed by atoms with Crippen LogP contribution < -0.4 is 5.73 Å². The first-order chi connectivity index (χ1) is 6.48. The van der Waals surface area contributed by atoms with Crippen LogP contribution in [-0.4, -0.2) is 4.98 Å². The number of rotatable bonds is 0. The highest BCUT2D eigenvalue weighted by Gasteiger charge is 2.28. The van der Waals surface area contributed by atoms with Gasteiger partial charge >= 0.3 is 0 Å². The van der Waals surface area contributed by atoms with Gasteiger partial charge in [0.1, 0.15) is 5.82 Å². The third-order valence-electron chi connectivity index (χ3n) is 2.71. The number of pyridine rings is 1. The van der Waals surface area contributed by atoms with Gasteiger partial charge in [-0.05, 0) is 41.5 Å². The highest BCUT2D eigenvalue weighted by Crippen LogP contribution is 2.39. The average Bonchev–Trinajstić information content (AvgIpc) is 2.00. The van der Waals surface area contributed by atoms with E-state index in [0.29, 0.717) is 5.82 Å². The molecule has 1 aliphatic carbocycles. The first kappa shape index (κ1) is 9.25. The second kappa shape index (κ2) is 2.84. The Balaban J connectivity index is 2.51. The van der Waals surface area contributed by atoms with Gasteiger partial charge in [-0.2, -0.15) is 0 Å². The Hall–Kier alpha value is -1.31. The lowest BCUT2D eigenvalue weighted by Crippen LogP contribution is -2.22. The SMILES string of the molecule is C=C1CC(C)(C)Cc2nc(N)ccc21. The number of anilines is 1. The molecule has 1 heterocycles. The zero-order valence-corrected chi connectivity index (χ0v) is 8.80. The van der Waals surface area contributed by atoms with E-state index in [9.17, 15) is 0 Å². The van der Waals surface area contributed by atoms with Crippen molar-refractivity contribution in [2.45, 2.75) is 26.7 Å². The molecule has 0 bridgehead atoms. The summed E-state index contributed by atoms with van der Waals surface area (Å²) in [5.41, 5.74) is 9.42. The molecule has 2 heteroatoms. The van der Waals surface area contributed by atoms with Crippen molar-refractivity contribution in [3.8, 4) is 0 Å². The smallest absolute Gasteiger partial charge is 0.123 e. The minimum absolute atomic E-state index is 0.269. The van der Waals surface area contributed by atoms with Crippen LogP contribution in [0.15, 0.2) is 18.7 Å². The Labute approximate surface area is 84.9 Å². The molecule has 0 spiro atoms. The lowest BCUT2D eigenvalue weighted by molar-refractivity contribution is 0.361. The minimum atomic E-state index is 0.269. The molecule has 0 radical (unpaired) electrons. The monoisotopic (exact) mass is 188 g/mol. The maximum Gasteiger partial charge on any atom is 0.123 e. The second-order valence-corrected chi connectivity index (χ2v) is 4.85. The van der Waals surface area contributed by atoms with E-state index in [-0.39, 0.29) is 5.41 Å². The Morgan fingerprint density at radius 2 is 2.07 bits per heavy atom. The standard InChI is InChI=1S/C12H16N2/c1-8-6-12(2,3)7-10-9(8)4-5-11(13)14-10/h4-5H,1,6-7H2,2-3H3,(H2,13,14). The number of hydrogen-bond donors (Lipinski definition) is 1. The number of nitrogens with zero attached hydrogens (tertiary/aromatic N) is 1. The summed E-state index contributed by atoms with van der Waals surface area (Å²) in [4.78, 5) is 4.38. The summed E-state index contributed by atoms with van der Waals surface area (Å²) in [5.74, 6) is 0.606. The molecule has 2 nitrogen and oxygen atoms in total. The third-order valence-corrected chi connectivity index (χ3v) is 2.71. The van der Waals surface area contributed by atoms with Crippen LogP contribution >= 0.6 is 0 Å². The van der Waals surface area contributed by atoms with E-state index in [1.54, 1.807) is 0 Å². The van der Waals surface area contributed by atoms with Crippen molar-refractivity contribution in [1.29, 1.82) is 0 Å². The highest BCUT2D eigenvalue weighted by molar-refractivity contribution is 5.68. The van der Waals surface area contributed by atoms with Crippen LogP contribution in [-0.2, 0) is 6.42 Å². The lowest BCUT2D eigenvalue weighted by atomic mass is 9.74. The number of aromatic nitrogens is 1. The fraction of sp³-hybridized carbons (Fsp3) is 0.417. The van der Waals surface area contributed by atoms with Gasteiger partial charge in [-0.15, -0.1) is 0 Å². The molecule has 0 aromatic carbocycles. The second-order valence-electron chi connectivity index (χ2n) is 4.85. The summed E-state index contributed by atoms with van der Waals surface area (Å²) in [6.07, 6.45) is 2.04. The molecule has 1 aromatic heterocycles. The number of nitrogen functional groups attached to an aromatic ring is 1. The van der Waals surface area contributed by atoms with Gasteiger partial charge in [-0.3, -0.25) is 0 Å². The normalized spacial score (nSPS) is 19.1. The molecule has 0 saturated heterocycles. The van der Waals surface area contributed by atoms with Crippen molar-refractivity contribution in [2.24, 2.45) is 5.41 Å². The Kier molecular flexibility index (Phi) is 1.88. The van der Waals surface area contributed by atoms with E-state index in [1.165, 1.54) is 11.1 Å². The summed E-state index contributed by atoms with van der Waals surface area (Å²) in [6.45, 7) is 8.58. The maximum absolute atomic E-state index is 5.68. The minimum Gasteiger partial charge on any atom is -0.384 e. The molecular weight excluding hydrogens is 172 g/mol. The zero-order valence-electron chi connectivity index (χ0n) is 8.80. The molecule has 0 saturated carbocycles. The number of nitrogens with two attached hydrogens (primary N) is 1. The topological polar surface area (TPSA) is 38.9 Å². The van der Waals surface area contributed by atoms with Crippen molar-refractivity contribution in [3.63, 3.8) is 0 Å². The van der Waals surface area contributed by atoms with Crippen molar-refractivity contribution >= 4 is 11.4 Å². The summed E-state index contributed by atoms with van der Waals surface area (Å²) in [6, 6.07) is 3.89. The van der Waals surface area contributed by atoms with E-state index < -0.39 is 0 Å². The molecule has 2 rings (SSSR count). The fourth-order valence-electron chi connectivity index (χ4n) is 2.16. The van der Waals surface area contributed by atoms with Crippen molar-refractivity contribution in [3.05, 3.63) is 30.0 Å². The Morgan fingerprint density at radius 3 is 2.79 bits per heavy atom. The first-order valence-electron chi connectivity index (χ1n) is 4.91. The first-order valence-corrected chi connectivity index (χ1v) is 4.91. The zero-order chi connectivity index (χ0) is 10.3. The third kappa shape index (κ3) is 1.52. The number of fused-ring (bicyclic) bond motifs is 1.